The van der Waals surface area contributed by atoms with Crippen LogP contribution in [0.4, 0.5) is 0 Å². The van der Waals surface area contributed by atoms with E-state index < -0.39 is 97.5 Å². The van der Waals surface area contributed by atoms with Crippen LogP contribution < -0.4 is 0 Å². The predicted octanol–water partition coefficient (Wildman–Crippen LogP) is 21.9. The van der Waals surface area contributed by atoms with Crippen molar-refractivity contribution in [1.29, 1.82) is 0 Å². The molecule has 3 N–H and O–H groups in total. The van der Waals surface area contributed by atoms with Crippen LogP contribution in [0, 0.1) is 0 Å². The zero-order chi connectivity index (χ0) is 73.2. The van der Waals surface area contributed by atoms with Crippen molar-refractivity contribution >= 4 is 39.5 Å². The maximum Gasteiger partial charge on any atom is 0.472 e. The van der Waals surface area contributed by atoms with Gasteiger partial charge < -0.3 is 33.8 Å². The first kappa shape index (κ1) is 94.9. The van der Waals surface area contributed by atoms with Gasteiger partial charge in [0.2, 0.25) is 0 Å². The van der Waals surface area contributed by atoms with Gasteiger partial charge in [0, 0.05) is 25.7 Å². The standard InChI is InChI=1S/C81H134O17P2/c1-5-9-13-17-21-25-29-33-35-37-39-43-46-50-54-58-62-66-79(84)92-72-77(98-81(86)68-64-60-56-52-48-44-40-38-36-34-30-26-22-18-14-10-6-2)74-96-100(89,90)94-70-75(82)69-93-99(87,88)95-73-76(97-80(85)67-63-59-55-51-47-42-32-28-24-20-16-12-8-4)71-91-78(83)65-61-57-53-49-45-41-31-27-23-19-15-11-7-3/h9-10,13-16,19-22,25-28,31-36,39-40,43-44,75-77,82H,5-8,11-12,17-18,23-24,29-30,37-38,41-42,45-74H2,1-4H3,(H,87,88)(H,89,90)/b13-9-,14-10-,19-15-,20-16-,25-21-,26-22-,31-27-,32-28-,35-33-,36-34-,43-39-,44-40-. The summed E-state index contributed by atoms with van der Waals surface area (Å²) in [6.45, 7) is 4.41. The largest absolute Gasteiger partial charge is 0.472 e. The molecule has 0 fully saturated rings. The van der Waals surface area contributed by atoms with Gasteiger partial charge in [0.15, 0.2) is 12.2 Å². The van der Waals surface area contributed by atoms with Gasteiger partial charge in [-0.2, -0.15) is 0 Å². The monoisotopic (exact) mass is 1440 g/mol. The summed E-state index contributed by atoms with van der Waals surface area (Å²) in [7, 11) is -9.98. The van der Waals surface area contributed by atoms with E-state index in [-0.39, 0.29) is 25.7 Å². The fourth-order valence-electron chi connectivity index (χ4n) is 9.51. The highest BCUT2D eigenvalue weighted by atomic mass is 31.2. The first-order chi connectivity index (χ1) is 48.7. The molecule has 0 aromatic heterocycles. The highest BCUT2D eigenvalue weighted by Gasteiger charge is 2.30. The molecule has 100 heavy (non-hydrogen) atoms. The summed E-state index contributed by atoms with van der Waals surface area (Å²) in [5.74, 6) is -2.27. The van der Waals surface area contributed by atoms with Crippen LogP contribution in [-0.4, -0.2) is 96.7 Å². The second kappa shape index (κ2) is 72.3. The third-order valence-electron chi connectivity index (χ3n) is 15.2. The highest BCUT2D eigenvalue weighted by Crippen LogP contribution is 2.45. The van der Waals surface area contributed by atoms with Gasteiger partial charge in [-0.1, -0.05) is 251 Å². The maximum atomic E-state index is 13.1. The lowest BCUT2D eigenvalue weighted by atomic mass is 10.1. The van der Waals surface area contributed by atoms with E-state index in [0.29, 0.717) is 25.7 Å². The molecule has 0 aliphatic carbocycles. The second-order valence-electron chi connectivity index (χ2n) is 24.8. The normalized spacial score (nSPS) is 14.8. The summed E-state index contributed by atoms with van der Waals surface area (Å²) in [4.78, 5) is 72.9. The molecule has 5 atom stereocenters. The van der Waals surface area contributed by atoms with Gasteiger partial charge in [-0.25, -0.2) is 9.13 Å². The van der Waals surface area contributed by atoms with Crippen LogP contribution in [0.25, 0.3) is 0 Å². The summed E-state index contributed by atoms with van der Waals surface area (Å²) in [5, 5.41) is 10.6. The Morgan fingerprint density at radius 1 is 0.290 bits per heavy atom. The molecule has 0 aromatic rings. The minimum atomic E-state index is -4.99. The number of carbonyl (C=O) groups excluding carboxylic acids is 4. The molecule has 0 rings (SSSR count). The molecule has 0 saturated heterocycles. The lowest BCUT2D eigenvalue weighted by molar-refractivity contribution is -0.161. The molecule has 17 nitrogen and oxygen atoms in total. The number of aliphatic hydroxyl groups is 1. The number of rotatable bonds is 70. The first-order valence-corrected chi connectivity index (χ1v) is 41.1. The van der Waals surface area contributed by atoms with Gasteiger partial charge in [-0.05, 0) is 154 Å². The number of phosphoric acid groups is 2. The van der Waals surface area contributed by atoms with Crippen LogP contribution in [-0.2, 0) is 65.4 Å². The van der Waals surface area contributed by atoms with E-state index in [1.165, 1.54) is 0 Å². The van der Waals surface area contributed by atoms with Crippen LogP contribution in [0.1, 0.15) is 285 Å². The van der Waals surface area contributed by atoms with Crippen LogP contribution in [0.2, 0.25) is 0 Å². The Kier molecular flexibility index (Phi) is 68.6. The van der Waals surface area contributed by atoms with Gasteiger partial charge in [-0.3, -0.25) is 37.3 Å². The van der Waals surface area contributed by atoms with Gasteiger partial charge in [-0.15, -0.1) is 0 Å². The average molecular weight is 1440 g/mol. The third-order valence-corrected chi connectivity index (χ3v) is 17.1. The van der Waals surface area contributed by atoms with Crippen molar-refractivity contribution in [3.8, 4) is 0 Å². The van der Waals surface area contributed by atoms with E-state index in [0.717, 1.165) is 205 Å². The molecule has 5 unspecified atom stereocenters. The van der Waals surface area contributed by atoms with Crippen molar-refractivity contribution in [2.75, 3.05) is 39.6 Å². The Labute approximate surface area is 605 Å². The number of unbranched alkanes of at least 4 members (excludes halogenated alkanes) is 20. The summed E-state index contributed by atoms with van der Waals surface area (Å²) in [6, 6.07) is 0. The Balaban J connectivity index is 5.43. The molecule has 0 bridgehead atoms. The molecule has 0 saturated carbocycles. The van der Waals surface area contributed by atoms with E-state index in [2.05, 4.69) is 174 Å². The molecular formula is C81H134O17P2. The van der Waals surface area contributed by atoms with Crippen molar-refractivity contribution < 1.29 is 80.2 Å². The fourth-order valence-corrected chi connectivity index (χ4v) is 11.1. The molecule has 0 radical (unpaired) electrons. The van der Waals surface area contributed by atoms with Gasteiger partial charge in [0.25, 0.3) is 0 Å². The Hall–Kier alpha value is -5.06. The maximum absolute atomic E-state index is 13.1. The van der Waals surface area contributed by atoms with Gasteiger partial charge >= 0.3 is 39.5 Å². The van der Waals surface area contributed by atoms with Crippen molar-refractivity contribution in [1.82, 2.24) is 0 Å². The quantitative estimate of drug-likeness (QED) is 0.0169. The summed E-state index contributed by atoms with van der Waals surface area (Å²) in [5.41, 5.74) is 0. The van der Waals surface area contributed by atoms with E-state index in [4.69, 9.17) is 37.0 Å². The lowest BCUT2D eigenvalue weighted by Gasteiger charge is -2.21. The minimum absolute atomic E-state index is 0.0561. The zero-order valence-corrected chi connectivity index (χ0v) is 63.9. The van der Waals surface area contributed by atoms with Crippen LogP contribution >= 0.6 is 15.6 Å². The predicted molar refractivity (Wildman–Crippen MR) is 408 cm³/mol. The SMILES string of the molecule is CC/C=C\C/C=C\C/C=C\C/C=C\CCCCCCC(=O)OCC(COP(=O)(O)OCC(O)COP(=O)(O)OCC(COC(=O)CCCCCCC/C=C\C/C=C\CCC)OC(=O)CCCCCCC/C=C\C/C=C\CCC)OC(=O)CCCCCC/C=C\C/C=C\C/C=C\C/C=C\CC. The van der Waals surface area contributed by atoms with Crippen LogP contribution in [0.5, 0.6) is 0 Å². The number of phosphoric ester groups is 2. The van der Waals surface area contributed by atoms with E-state index in [9.17, 15) is 43.2 Å². The zero-order valence-electron chi connectivity index (χ0n) is 62.1. The van der Waals surface area contributed by atoms with Crippen molar-refractivity contribution in [2.24, 2.45) is 0 Å². The molecule has 0 amide bonds. The Morgan fingerprint density at radius 3 is 0.800 bits per heavy atom. The van der Waals surface area contributed by atoms with Crippen LogP contribution in [0.15, 0.2) is 146 Å². The van der Waals surface area contributed by atoms with Crippen LogP contribution in [0.3, 0.4) is 0 Å². The molecule has 0 aliphatic heterocycles. The van der Waals surface area contributed by atoms with E-state index >= 15 is 0 Å². The number of carbonyl (C=O) groups is 4. The topological polar surface area (TPSA) is 237 Å². The molecule has 0 heterocycles. The van der Waals surface area contributed by atoms with Gasteiger partial charge in [0.05, 0.1) is 26.4 Å². The third kappa shape index (κ3) is 71.3. The Morgan fingerprint density at radius 2 is 0.520 bits per heavy atom. The van der Waals surface area contributed by atoms with E-state index in [1.54, 1.807) is 0 Å². The number of ether oxygens (including phenoxy) is 4. The van der Waals surface area contributed by atoms with Gasteiger partial charge in [0.1, 0.15) is 19.3 Å². The van der Waals surface area contributed by atoms with Crippen molar-refractivity contribution in [2.45, 2.75) is 303 Å². The molecule has 0 spiro atoms. The molecule has 570 valence electrons. The van der Waals surface area contributed by atoms with Crippen molar-refractivity contribution in [3.05, 3.63) is 146 Å². The summed E-state index contributed by atoms with van der Waals surface area (Å²) in [6.07, 6.45) is 81.2. The number of allylic oxidation sites excluding steroid dienone is 24. The van der Waals surface area contributed by atoms with Crippen molar-refractivity contribution in [3.63, 3.8) is 0 Å². The highest BCUT2D eigenvalue weighted by molar-refractivity contribution is 7.47. The number of hydrogen-bond acceptors (Lipinski definition) is 15. The molecule has 0 aromatic carbocycles. The summed E-state index contributed by atoms with van der Waals surface area (Å²) >= 11 is 0. The lowest BCUT2D eigenvalue weighted by Crippen LogP contribution is -2.30. The Bertz CT molecular complexity index is 2470. The average Bonchev–Trinajstić information content (AvgIpc) is 1.15. The summed E-state index contributed by atoms with van der Waals surface area (Å²) < 4.78 is 68.4. The molecular weight excluding hydrogens is 1310 g/mol. The van der Waals surface area contributed by atoms with E-state index in [1.807, 2.05) is 0 Å². The second-order valence-corrected chi connectivity index (χ2v) is 27.7. The number of esters is 4. The fraction of sp³-hybridized carbons (Fsp3) is 0.654. The molecule has 19 heteroatoms. The molecule has 0 aliphatic rings. The minimum Gasteiger partial charge on any atom is -0.462 e. The number of hydrogen-bond donors (Lipinski definition) is 3. The number of aliphatic hydroxyl groups excluding tert-OH is 1. The first-order valence-electron chi connectivity index (χ1n) is 38.1. The smallest absolute Gasteiger partial charge is 0.462 e.